The molecule has 0 unspecified atom stereocenters. The smallest absolute Gasteiger partial charge is 0.231 e. The van der Waals surface area contributed by atoms with Crippen molar-refractivity contribution in [2.75, 3.05) is 18.7 Å². The molecule has 0 aliphatic carbocycles. The predicted octanol–water partition coefficient (Wildman–Crippen LogP) is 1.01. The average Bonchev–Trinajstić information content (AvgIpc) is 2.63. The summed E-state index contributed by atoms with van der Waals surface area (Å²) in [6, 6.07) is 5.37. The highest BCUT2D eigenvalue weighted by atomic mass is 16.7. The van der Waals surface area contributed by atoms with Crippen LogP contribution in [0.15, 0.2) is 18.2 Å². The van der Waals surface area contributed by atoms with E-state index in [4.69, 9.17) is 9.47 Å². The summed E-state index contributed by atoms with van der Waals surface area (Å²) in [5, 5.41) is 0. The molecule has 4 nitrogen and oxygen atoms in total. The number of fused-ring (bicyclic) bond motifs is 1. The summed E-state index contributed by atoms with van der Waals surface area (Å²) < 4.78 is 10.3. The zero-order chi connectivity index (χ0) is 9.26. The molecule has 0 aromatic heterocycles. The van der Waals surface area contributed by atoms with E-state index < -0.39 is 0 Å². The molecule has 1 amide bonds. The summed E-state index contributed by atoms with van der Waals surface area (Å²) in [4.78, 5) is 11.9. The number of rotatable bonds is 2. The Hall–Kier alpha value is -1.71. The first-order valence-electron chi connectivity index (χ1n) is 3.89. The molecule has 4 heteroatoms. The van der Waals surface area contributed by atoms with E-state index in [-0.39, 0.29) is 6.79 Å². The SMILES string of the molecule is CN(C=O)c1ccc2c(c1)OCO2. The minimum atomic E-state index is 0.254. The monoisotopic (exact) mass is 179 g/mol. The predicted molar refractivity (Wildman–Crippen MR) is 47.0 cm³/mol. The second-order valence-corrected chi connectivity index (χ2v) is 2.75. The molecule has 0 fully saturated rings. The van der Waals surface area contributed by atoms with Crippen molar-refractivity contribution < 1.29 is 14.3 Å². The highest BCUT2D eigenvalue weighted by Gasteiger charge is 2.13. The number of hydrogen-bond acceptors (Lipinski definition) is 3. The number of carbonyl (C=O) groups excluding carboxylic acids is 1. The Labute approximate surface area is 75.7 Å². The standard InChI is InChI=1S/C9H9NO3/c1-10(5-11)7-2-3-8-9(4-7)13-6-12-8/h2-5H,6H2,1H3. The fourth-order valence-corrected chi connectivity index (χ4v) is 1.17. The van der Waals surface area contributed by atoms with Crippen LogP contribution in [0, 0.1) is 0 Å². The van der Waals surface area contributed by atoms with Crippen LogP contribution in [0.3, 0.4) is 0 Å². The maximum absolute atomic E-state index is 10.5. The van der Waals surface area contributed by atoms with Gasteiger partial charge in [0.2, 0.25) is 13.2 Å². The molecule has 68 valence electrons. The molecule has 1 aliphatic heterocycles. The molecule has 1 aromatic carbocycles. The summed E-state index contributed by atoms with van der Waals surface area (Å²) in [6.45, 7) is 0.254. The van der Waals surface area contributed by atoms with Crippen LogP contribution in [-0.4, -0.2) is 20.3 Å². The third kappa shape index (κ3) is 1.30. The maximum atomic E-state index is 10.5. The minimum Gasteiger partial charge on any atom is -0.454 e. The largest absolute Gasteiger partial charge is 0.454 e. The lowest BCUT2D eigenvalue weighted by molar-refractivity contribution is -0.107. The molecule has 0 radical (unpaired) electrons. The lowest BCUT2D eigenvalue weighted by atomic mass is 10.2. The topological polar surface area (TPSA) is 38.8 Å². The van der Waals surface area contributed by atoms with Crippen molar-refractivity contribution in [3.63, 3.8) is 0 Å². The van der Waals surface area contributed by atoms with Crippen molar-refractivity contribution in [2.45, 2.75) is 0 Å². The Morgan fingerprint density at radius 1 is 1.38 bits per heavy atom. The van der Waals surface area contributed by atoms with Gasteiger partial charge in [-0.05, 0) is 12.1 Å². The summed E-state index contributed by atoms with van der Waals surface area (Å²) in [7, 11) is 1.69. The normalized spacial score (nSPS) is 12.7. The lowest BCUT2D eigenvalue weighted by Crippen LogP contribution is -2.13. The Kier molecular flexibility index (Phi) is 1.81. The number of benzene rings is 1. The van der Waals surface area contributed by atoms with Crippen molar-refractivity contribution >= 4 is 12.1 Å². The van der Waals surface area contributed by atoms with E-state index in [1.165, 1.54) is 4.90 Å². The van der Waals surface area contributed by atoms with Crippen LogP contribution in [0.4, 0.5) is 5.69 Å². The quantitative estimate of drug-likeness (QED) is 0.636. The number of nitrogens with zero attached hydrogens (tertiary/aromatic N) is 1. The summed E-state index contributed by atoms with van der Waals surface area (Å²) >= 11 is 0. The molecule has 1 heterocycles. The van der Waals surface area contributed by atoms with Crippen LogP contribution >= 0.6 is 0 Å². The van der Waals surface area contributed by atoms with Gasteiger partial charge in [0.15, 0.2) is 11.5 Å². The highest BCUT2D eigenvalue weighted by Crippen LogP contribution is 2.34. The van der Waals surface area contributed by atoms with Gasteiger partial charge in [0.1, 0.15) is 0 Å². The van der Waals surface area contributed by atoms with Crippen LogP contribution in [-0.2, 0) is 4.79 Å². The van der Waals surface area contributed by atoms with E-state index in [9.17, 15) is 4.79 Å². The number of hydrogen-bond donors (Lipinski definition) is 0. The molecule has 2 rings (SSSR count). The van der Waals surface area contributed by atoms with Crippen LogP contribution in [0.1, 0.15) is 0 Å². The second kappa shape index (κ2) is 2.97. The molecular weight excluding hydrogens is 170 g/mol. The van der Waals surface area contributed by atoms with Gasteiger partial charge in [0.05, 0.1) is 0 Å². The Morgan fingerprint density at radius 3 is 2.92 bits per heavy atom. The van der Waals surface area contributed by atoms with E-state index in [2.05, 4.69) is 0 Å². The minimum absolute atomic E-state index is 0.254. The van der Waals surface area contributed by atoms with Crippen molar-refractivity contribution in [1.82, 2.24) is 0 Å². The van der Waals surface area contributed by atoms with Gasteiger partial charge in [-0.25, -0.2) is 0 Å². The van der Waals surface area contributed by atoms with Gasteiger partial charge < -0.3 is 14.4 Å². The van der Waals surface area contributed by atoms with Gasteiger partial charge in [0.25, 0.3) is 0 Å². The van der Waals surface area contributed by atoms with E-state index in [0.29, 0.717) is 5.75 Å². The van der Waals surface area contributed by atoms with Crippen LogP contribution < -0.4 is 14.4 Å². The summed E-state index contributed by atoms with van der Waals surface area (Å²) in [5.74, 6) is 1.41. The van der Waals surface area contributed by atoms with Crippen molar-refractivity contribution in [1.29, 1.82) is 0 Å². The van der Waals surface area contributed by atoms with Gasteiger partial charge in [-0.15, -0.1) is 0 Å². The van der Waals surface area contributed by atoms with Gasteiger partial charge in [-0.1, -0.05) is 0 Å². The lowest BCUT2D eigenvalue weighted by Gasteiger charge is -2.10. The first-order valence-corrected chi connectivity index (χ1v) is 3.89. The Morgan fingerprint density at radius 2 is 2.15 bits per heavy atom. The molecule has 0 saturated carbocycles. The average molecular weight is 179 g/mol. The molecule has 0 spiro atoms. The maximum Gasteiger partial charge on any atom is 0.231 e. The van der Waals surface area contributed by atoms with Gasteiger partial charge in [-0.2, -0.15) is 0 Å². The molecule has 1 aliphatic rings. The fourth-order valence-electron chi connectivity index (χ4n) is 1.17. The van der Waals surface area contributed by atoms with Gasteiger partial charge in [0, 0.05) is 18.8 Å². The summed E-state index contributed by atoms with van der Waals surface area (Å²) in [6.07, 6.45) is 0.748. The Balaban J connectivity index is 2.35. The summed E-state index contributed by atoms with van der Waals surface area (Å²) in [5.41, 5.74) is 0.791. The van der Waals surface area contributed by atoms with Gasteiger partial charge >= 0.3 is 0 Å². The van der Waals surface area contributed by atoms with Crippen LogP contribution in [0.25, 0.3) is 0 Å². The van der Waals surface area contributed by atoms with Crippen molar-refractivity contribution in [3.8, 4) is 11.5 Å². The molecule has 0 atom stereocenters. The van der Waals surface area contributed by atoms with Crippen molar-refractivity contribution in [2.24, 2.45) is 0 Å². The highest BCUT2D eigenvalue weighted by molar-refractivity contribution is 5.75. The number of carbonyl (C=O) groups is 1. The fraction of sp³-hybridized carbons (Fsp3) is 0.222. The molecule has 0 saturated heterocycles. The van der Waals surface area contributed by atoms with E-state index in [1.54, 1.807) is 19.2 Å². The second-order valence-electron chi connectivity index (χ2n) is 2.75. The van der Waals surface area contributed by atoms with Crippen LogP contribution in [0.5, 0.6) is 11.5 Å². The first-order chi connectivity index (χ1) is 6.31. The molecule has 0 bridgehead atoms. The zero-order valence-electron chi connectivity index (χ0n) is 7.19. The van der Waals surface area contributed by atoms with Crippen LogP contribution in [0.2, 0.25) is 0 Å². The zero-order valence-corrected chi connectivity index (χ0v) is 7.19. The van der Waals surface area contributed by atoms with Crippen molar-refractivity contribution in [3.05, 3.63) is 18.2 Å². The number of amides is 1. The molecular formula is C9H9NO3. The molecule has 13 heavy (non-hydrogen) atoms. The first kappa shape index (κ1) is 7.91. The van der Waals surface area contributed by atoms with E-state index in [0.717, 1.165) is 17.8 Å². The molecule has 1 aromatic rings. The number of ether oxygens (including phenoxy) is 2. The van der Waals surface area contributed by atoms with Gasteiger partial charge in [-0.3, -0.25) is 4.79 Å². The Bertz CT molecular complexity index is 338. The van der Waals surface area contributed by atoms with E-state index in [1.807, 2.05) is 6.07 Å². The number of anilines is 1. The third-order valence-corrected chi connectivity index (χ3v) is 1.92. The molecule has 0 N–H and O–H groups in total. The van der Waals surface area contributed by atoms with E-state index >= 15 is 0 Å². The third-order valence-electron chi connectivity index (χ3n) is 1.92.